The van der Waals surface area contributed by atoms with E-state index in [1.165, 1.54) is 11.4 Å². The summed E-state index contributed by atoms with van der Waals surface area (Å²) in [6.45, 7) is 0.623. The molecule has 1 amide bonds. The van der Waals surface area contributed by atoms with E-state index >= 15 is 0 Å². The summed E-state index contributed by atoms with van der Waals surface area (Å²) in [6.07, 6.45) is 1.40. The normalized spacial score (nSPS) is 11.2. The Morgan fingerprint density at radius 3 is 2.44 bits per heavy atom. The van der Waals surface area contributed by atoms with E-state index in [2.05, 4.69) is 0 Å². The van der Waals surface area contributed by atoms with E-state index in [4.69, 9.17) is 5.11 Å². The van der Waals surface area contributed by atoms with Crippen molar-refractivity contribution in [3.8, 4) is 0 Å². The highest BCUT2D eigenvalue weighted by Crippen LogP contribution is 2.22. The lowest BCUT2D eigenvalue weighted by Gasteiger charge is -2.22. The Balaban J connectivity index is 2.19. The molecule has 0 fully saturated rings. The van der Waals surface area contributed by atoms with Gasteiger partial charge in [-0.15, -0.1) is 11.3 Å². The Bertz CT molecular complexity index is 843. The van der Waals surface area contributed by atoms with Crippen LogP contribution in [0.5, 0.6) is 0 Å². The zero-order chi connectivity index (χ0) is 18.4. The highest BCUT2D eigenvalue weighted by Gasteiger charge is 2.20. The second-order valence-electron chi connectivity index (χ2n) is 5.63. The summed E-state index contributed by atoms with van der Waals surface area (Å²) in [5.41, 5.74) is 0.922. The number of carbonyl (C=O) groups excluding carboxylic acids is 1. The van der Waals surface area contributed by atoms with Crippen LogP contribution in [0.1, 0.15) is 28.1 Å². The van der Waals surface area contributed by atoms with Crippen LogP contribution >= 0.6 is 11.3 Å². The number of carboxylic acids is 1. The van der Waals surface area contributed by atoms with Crippen molar-refractivity contribution in [1.29, 1.82) is 0 Å². The first kappa shape index (κ1) is 19.1. The van der Waals surface area contributed by atoms with Gasteiger partial charge in [0.1, 0.15) is 0 Å². The summed E-state index contributed by atoms with van der Waals surface area (Å²) in [5.74, 6) is -1.21. The highest BCUT2D eigenvalue weighted by atomic mass is 32.2. The van der Waals surface area contributed by atoms with Gasteiger partial charge in [0.15, 0.2) is 9.84 Å². The third kappa shape index (κ3) is 5.68. The number of amides is 1. The Labute approximate surface area is 150 Å². The number of nitrogens with zero attached hydrogens (tertiary/aromatic N) is 1. The van der Waals surface area contributed by atoms with Crippen molar-refractivity contribution >= 4 is 33.1 Å². The van der Waals surface area contributed by atoms with Crippen LogP contribution < -0.4 is 0 Å². The lowest BCUT2D eigenvalue weighted by molar-refractivity contribution is -0.137. The standard InChI is InChI=1S/C17H19NO5S2/c1-25(22,23)14-10-15(24-12-14)17(21)18(9-5-8-16(19)20)11-13-6-3-2-4-7-13/h2-4,6-7,10,12H,5,8-9,11H2,1H3,(H,19,20). The first-order valence-corrected chi connectivity index (χ1v) is 10.4. The molecule has 1 aromatic heterocycles. The lowest BCUT2D eigenvalue weighted by Crippen LogP contribution is -2.31. The summed E-state index contributed by atoms with van der Waals surface area (Å²) in [5, 5.41) is 10.2. The predicted octanol–water partition coefficient (Wildman–Crippen LogP) is 2.66. The van der Waals surface area contributed by atoms with Gasteiger partial charge in [-0.05, 0) is 18.1 Å². The lowest BCUT2D eigenvalue weighted by atomic mass is 10.2. The third-order valence-electron chi connectivity index (χ3n) is 3.54. The van der Waals surface area contributed by atoms with Gasteiger partial charge in [-0.1, -0.05) is 30.3 Å². The van der Waals surface area contributed by atoms with Gasteiger partial charge in [-0.25, -0.2) is 8.42 Å². The minimum absolute atomic E-state index is 0.0302. The summed E-state index contributed by atoms with van der Waals surface area (Å²) < 4.78 is 23.2. The van der Waals surface area contributed by atoms with Crippen molar-refractivity contribution in [3.05, 3.63) is 52.2 Å². The van der Waals surface area contributed by atoms with E-state index in [9.17, 15) is 18.0 Å². The first-order chi connectivity index (χ1) is 11.8. The molecular formula is C17H19NO5S2. The topological polar surface area (TPSA) is 91.8 Å². The molecule has 0 saturated heterocycles. The quantitative estimate of drug-likeness (QED) is 0.759. The average molecular weight is 381 g/mol. The van der Waals surface area contributed by atoms with Crippen LogP contribution in [0.15, 0.2) is 46.7 Å². The van der Waals surface area contributed by atoms with Crippen molar-refractivity contribution in [2.75, 3.05) is 12.8 Å². The number of aliphatic carboxylic acids is 1. The maximum Gasteiger partial charge on any atom is 0.303 e. The SMILES string of the molecule is CS(=O)(=O)c1csc(C(=O)N(CCCC(=O)O)Cc2ccccc2)c1. The number of thiophene rings is 1. The molecule has 6 nitrogen and oxygen atoms in total. The van der Waals surface area contributed by atoms with Crippen molar-refractivity contribution in [3.63, 3.8) is 0 Å². The number of benzene rings is 1. The van der Waals surface area contributed by atoms with E-state index in [0.717, 1.165) is 23.2 Å². The second kappa shape index (κ2) is 8.26. The smallest absolute Gasteiger partial charge is 0.303 e. The minimum atomic E-state index is -3.37. The molecule has 8 heteroatoms. The van der Waals surface area contributed by atoms with Gasteiger partial charge in [0.25, 0.3) is 5.91 Å². The molecule has 1 heterocycles. The molecule has 1 N–H and O–H groups in total. The highest BCUT2D eigenvalue weighted by molar-refractivity contribution is 7.90. The fourth-order valence-corrected chi connectivity index (χ4v) is 4.24. The van der Waals surface area contributed by atoms with Crippen LogP contribution in [-0.4, -0.2) is 43.1 Å². The van der Waals surface area contributed by atoms with E-state index in [1.807, 2.05) is 30.3 Å². The summed E-state index contributed by atoms with van der Waals surface area (Å²) >= 11 is 1.08. The van der Waals surface area contributed by atoms with E-state index in [1.54, 1.807) is 4.90 Å². The van der Waals surface area contributed by atoms with Crippen molar-refractivity contribution in [2.45, 2.75) is 24.3 Å². The van der Waals surface area contributed by atoms with Gasteiger partial charge in [-0.2, -0.15) is 0 Å². The fraction of sp³-hybridized carbons (Fsp3) is 0.294. The third-order valence-corrected chi connectivity index (χ3v) is 5.70. The van der Waals surface area contributed by atoms with Gasteiger partial charge < -0.3 is 10.0 Å². The molecule has 2 aromatic rings. The molecule has 0 aliphatic carbocycles. The number of hydrogen-bond acceptors (Lipinski definition) is 5. The van der Waals surface area contributed by atoms with Gasteiger partial charge >= 0.3 is 5.97 Å². The molecule has 0 unspecified atom stereocenters. The van der Waals surface area contributed by atoms with Crippen LogP contribution in [0.4, 0.5) is 0 Å². The van der Waals surface area contributed by atoms with Gasteiger partial charge in [0.2, 0.25) is 0 Å². The van der Waals surface area contributed by atoms with Crippen LogP contribution in [0.2, 0.25) is 0 Å². The Kier molecular flexibility index (Phi) is 6.33. The molecule has 0 atom stereocenters. The summed E-state index contributed by atoms with van der Waals surface area (Å²) in [7, 11) is -3.37. The molecule has 25 heavy (non-hydrogen) atoms. The zero-order valence-corrected chi connectivity index (χ0v) is 15.3. The Hall–Kier alpha value is -2.19. The van der Waals surface area contributed by atoms with Crippen LogP contribution in [0.25, 0.3) is 0 Å². The van der Waals surface area contributed by atoms with Crippen molar-refractivity contribution in [1.82, 2.24) is 4.90 Å². The second-order valence-corrected chi connectivity index (χ2v) is 8.56. The van der Waals surface area contributed by atoms with E-state index < -0.39 is 15.8 Å². The van der Waals surface area contributed by atoms with Crippen LogP contribution in [0.3, 0.4) is 0 Å². The number of sulfone groups is 1. The molecule has 0 saturated carbocycles. The number of carboxylic acid groups (broad SMARTS) is 1. The molecule has 0 spiro atoms. The van der Waals surface area contributed by atoms with Crippen LogP contribution in [-0.2, 0) is 21.2 Å². The predicted molar refractivity (Wildman–Crippen MR) is 95.5 cm³/mol. The Morgan fingerprint density at radius 1 is 1.20 bits per heavy atom. The van der Waals surface area contributed by atoms with Gasteiger partial charge in [-0.3, -0.25) is 9.59 Å². The molecular weight excluding hydrogens is 362 g/mol. The molecule has 0 aliphatic heterocycles. The van der Waals surface area contributed by atoms with Crippen molar-refractivity contribution in [2.24, 2.45) is 0 Å². The number of hydrogen-bond donors (Lipinski definition) is 1. The largest absolute Gasteiger partial charge is 0.481 e. The van der Waals surface area contributed by atoms with Gasteiger partial charge in [0.05, 0.1) is 9.77 Å². The van der Waals surface area contributed by atoms with Crippen molar-refractivity contribution < 1.29 is 23.1 Å². The molecule has 0 aliphatic rings. The first-order valence-electron chi connectivity index (χ1n) is 7.61. The molecule has 0 bridgehead atoms. The van der Waals surface area contributed by atoms with Crippen LogP contribution in [0, 0.1) is 0 Å². The maximum atomic E-state index is 12.8. The molecule has 134 valence electrons. The molecule has 1 aromatic carbocycles. The van der Waals surface area contributed by atoms with Gasteiger partial charge in [0, 0.05) is 31.1 Å². The average Bonchev–Trinajstić information content (AvgIpc) is 3.04. The molecule has 2 rings (SSSR count). The summed E-state index contributed by atoms with van der Waals surface area (Å²) in [6, 6.07) is 10.7. The number of rotatable bonds is 8. The summed E-state index contributed by atoms with van der Waals surface area (Å²) in [4.78, 5) is 25.5. The maximum absolute atomic E-state index is 12.8. The molecule has 0 radical (unpaired) electrons. The Morgan fingerprint density at radius 2 is 1.88 bits per heavy atom. The number of carbonyl (C=O) groups is 2. The van der Waals surface area contributed by atoms with E-state index in [0.29, 0.717) is 17.8 Å². The minimum Gasteiger partial charge on any atom is -0.481 e. The zero-order valence-electron chi connectivity index (χ0n) is 13.7. The van der Waals surface area contributed by atoms with E-state index in [-0.39, 0.29) is 23.8 Å². The fourth-order valence-electron chi connectivity index (χ4n) is 2.26. The monoisotopic (exact) mass is 381 g/mol.